The molecule has 0 saturated heterocycles. The number of nitro benzene ring substituents is 1. The van der Waals surface area contributed by atoms with Gasteiger partial charge in [0.05, 0.1) is 28.8 Å². The average molecular weight is 327 g/mol. The zero-order chi connectivity index (χ0) is 17.3. The van der Waals surface area contributed by atoms with Crippen LogP contribution in [0.4, 0.5) is 5.69 Å². The van der Waals surface area contributed by atoms with Crippen molar-refractivity contribution in [2.75, 3.05) is 6.61 Å². The van der Waals surface area contributed by atoms with Crippen molar-refractivity contribution >= 4 is 11.7 Å². The summed E-state index contributed by atoms with van der Waals surface area (Å²) in [6.45, 7) is 1.94. The molecule has 24 heavy (non-hydrogen) atoms. The molecule has 1 aliphatic rings. The van der Waals surface area contributed by atoms with Crippen molar-refractivity contribution in [2.24, 2.45) is 0 Å². The van der Waals surface area contributed by atoms with E-state index in [1.807, 2.05) is 6.07 Å². The predicted octanol–water partition coefficient (Wildman–Crippen LogP) is 3.42. The first-order chi connectivity index (χ1) is 11.5. The van der Waals surface area contributed by atoms with Crippen LogP contribution in [0, 0.1) is 10.1 Å². The molecule has 6 nitrogen and oxygen atoms in total. The van der Waals surface area contributed by atoms with Gasteiger partial charge in [-0.1, -0.05) is 18.2 Å². The average Bonchev–Trinajstić information content (AvgIpc) is 2.96. The number of nitrogens with zero attached hydrogens (tertiary/aromatic N) is 1. The molecule has 2 aromatic rings. The SMILES string of the molecule is CCOC(=O)c1ccc([N+](=O)[O-])c(-c2cccc3c2CCC3O)c1. The number of esters is 1. The molecule has 0 saturated carbocycles. The van der Waals surface area contributed by atoms with Crippen LogP contribution in [0.25, 0.3) is 11.1 Å². The van der Waals surface area contributed by atoms with Gasteiger partial charge in [0.1, 0.15) is 0 Å². The monoisotopic (exact) mass is 327 g/mol. The van der Waals surface area contributed by atoms with Crippen molar-refractivity contribution in [1.29, 1.82) is 0 Å². The largest absolute Gasteiger partial charge is 0.462 e. The van der Waals surface area contributed by atoms with Gasteiger partial charge in [0.2, 0.25) is 0 Å². The van der Waals surface area contributed by atoms with Crippen molar-refractivity contribution in [3.05, 3.63) is 63.2 Å². The van der Waals surface area contributed by atoms with Crippen LogP contribution in [0.2, 0.25) is 0 Å². The van der Waals surface area contributed by atoms with Gasteiger partial charge in [0, 0.05) is 6.07 Å². The maximum atomic E-state index is 12.0. The van der Waals surface area contributed by atoms with E-state index in [1.165, 1.54) is 18.2 Å². The first kappa shape index (κ1) is 16.1. The van der Waals surface area contributed by atoms with Crippen LogP contribution < -0.4 is 0 Å². The maximum absolute atomic E-state index is 12.0. The third-order valence-electron chi connectivity index (χ3n) is 4.23. The number of hydrogen-bond donors (Lipinski definition) is 1. The van der Waals surface area contributed by atoms with Gasteiger partial charge in [0.15, 0.2) is 0 Å². The molecular weight excluding hydrogens is 310 g/mol. The summed E-state index contributed by atoms with van der Waals surface area (Å²) in [6.07, 6.45) is 0.692. The molecule has 1 N–H and O–H groups in total. The fraction of sp³-hybridized carbons (Fsp3) is 0.278. The number of benzene rings is 2. The lowest BCUT2D eigenvalue weighted by molar-refractivity contribution is -0.384. The summed E-state index contributed by atoms with van der Waals surface area (Å²) in [4.78, 5) is 22.9. The minimum absolute atomic E-state index is 0.0714. The summed E-state index contributed by atoms with van der Waals surface area (Å²) >= 11 is 0. The summed E-state index contributed by atoms with van der Waals surface area (Å²) in [5.74, 6) is -0.513. The number of fused-ring (bicyclic) bond motifs is 1. The van der Waals surface area contributed by atoms with Crippen LogP contribution in [-0.4, -0.2) is 22.6 Å². The Kier molecular flexibility index (Phi) is 4.31. The van der Waals surface area contributed by atoms with Crippen molar-refractivity contribution in [3.8, 4) is 11.1 Å². The summed E-state index contributed by atoms with van der Waals surface area (Å²) in [5.41, 5.74) is 2.95. The fourth-order valence-electron chi connectivity index (χ4n) is 3.14. The van der Waals surface area contributed by atoms with Gasteiger partial charge in [-0.2, -0.15) is 0 Å². The molecule has 1 atom stereocenters. The number of rotatable bonds is 4. The lowest BCUT2D eigenvalue weighted by Crippen LogP contribution is -2.06. The molecule has 6 heteroatoms. The summed E-state index contributed by atoms with van der Waals surface area (Å²) in [6, 6.07) is 9.61. The van der Waals surface area contributed by atoms with Gasteiger partial charge >= 0.3 is 5.97 Å². The van der Waals surface area contributed by atoms with E-state index in [4.69, 9.17) is 4.74 Å². The second kappa shape index (κ2) is 6.41. The third kappa shape index (κ3) is 2.76. The van der Waals surface area contributed by atoms with Crippen LogP contribution in [-0.2, 0) is 11.2 Å². The number of aliphatic hydroxyl groups excluding tert-OH is 1. The quantitative estimate of drug-likeness (QED) is 0.528. The van der Waals surface area contributed by atoms with E-state index in [1.54, 1.807) is 19.1 Å². The highest BCUT2D eigenvalue weighted by Crippen LogP contribution is 2.40. The Morgan fingerprint density at radius 1 is 1.33 bits per heavy atom. The number of aliphatic hydroxyl groups is 1. The number of carbonyl (C=O) groups excluding carboxylic acids is 1. The molecule has 0 amide bonds. The van der Waals surface area contributed by atoms with Gasteiger partial charge in [0.25, 0.3) is 5.69 Å². The van der Waals surface area contributed by atoms with Crippen LogP contribution in [0.3, 0.4) is 0 Å². The molecule has 0 bridgehead atoms. The lowest BCUT2D eigenvalue weighted by atomic mass is 9.94. The molecule has 0 heterocycles. The molecule has 1 aliphatic carbocycles. The first-order valence-corrected chi connectivity index (χ1v) is 7.78. The van der Waals surface area contributed by atoms with Gasteiger partial charge in [-0.3, -0.25) is 10.1 Å². The number of ether oxygens (including phenoxy) is 1. The van der Waals surface area contributed by atoms with Crippen LogP contribution in [0.1, 0.15) is 40.9 Å². The van der Waals surface area contributed by atoms with E-state index >= 15 is 0 Å². The zero-order valence-electron chi connectivity index (χ0n) is 13.2. The topological polar surface area (TPSA) is 89.7 Å². The molecule has 0 spiro atoms. The smallest absolute Gasteiger partial charge is 0.338 e. The van der Waals surface area contributed by atoms with E-state index in [0.717, 1.165) is 11.1 Å². The van der Waals surface area contributed by atoms with Gasteiger partial charge in [-0.05, 0) is 48.6 Å². The number of carbonyl (C=O) groups is 1. The molecular formula is C18H17NO5. The Morgan fingerprint density at radius 2 is 2.12 bits per heavy atom. The second-order valence-corrected chi connectivity index (χ2v) is 5.64. The highest BCUT2D eigenvalue weighted by molar-refractivity contribution is 5.93. The van der Waals surface area contributed by atoms with E-state index in [9.17, 15) is 20.0 Å². The highest BCUT2D eigenvalue weighted by atomic mass is 16.6. The molecule has 124 valence electrons. The predicted molar refractivity (Wildman–Crippen MR) is 87.8 cm³/mol. The minimum atomic E-state index is -0.549. The molecule has 2 aromatic carbocycles. The normalized spacial score (nSPS) is 15.8. The summed E-state index contributed by atoms with van der Waals surface area (Å²) in [5, 5.41) is 21.4. The van der Waals surface area contributed by atoms with E-state index < -0.39 is 17.0 Å². The highest BCUT2D eigenvalue weighted by Gasteiger charge is 2.26. The van der Waals surface area contributed by atoms with Gasteiger partial charge in [-0.15, -0.1) is 0 Å². The standard InChI is InChI=1S/C18H17NO5/c1-2-24-18(21)11-6-8-16(19(22)23)15(10-11)12-4-3-5-14-13(12)7-9-17(14)20/h3-6,8,10,17,20H,2,7,9H2,1H3. The Bertz CT molecular complexity index is 815. The van der Waals surface area contributed by atoms with Crippen LogP contribution >= 0.6 is 0 Å². The fourth-order valence-corrected chi connectivity index (χ4v) is 3.14. The summed E-state index contributed by atoms with van der Waals surface area (Å²) in [7, 11) is 0. The van der Waals surface area contributed by atoms with Crippen molar-refractivity contribution < 1.29 is 19.6 Å². The van der Waals surface area contributed by atoms with E-state index in [2.05, 4.69) is 0 Å². The first-order valence-electron chi connectivity index (χ1n) is 7.78. The van der Waals surface area contributed by atoms with Gasteiger partial charge < -0.3 is 9.84 Å². The lowest BCUT2D eigenvalue weighted by Gasteiger charge is -2.11. The van der Waals surface area contributed by atoms with Crippen LogP contribution in [0.15, 0.2) is 36.4 Å². The minimum Gasteiger partial charge on any atom is -0.462 e. The Hall–Kier alpha value is -2.73. The van der Waals surface area contributed by atoms with E-state index in [0.29, 0.717) is 24.0 Å². The van der Waals surface area contributed by atoms with Gasteiger partial charge in [-0.25, -0.2) is 4.79 Å². The zero-order valence-corrected chi connectivity index (χ0v) is 13.2. The number of nitro groups is 1. The Labute approximate surface area is 138 Å². The van der Waals surface area contributed by atoms with Crippen LogP contribution in [0.5, 0.6) is 0 Å². The molecule has 0 radical (unpaired) electrons. The second-order valence-electron chi connectivity index (χ2n) is 5.64. The van der Waals surface area contributed by atoms with Crippen molar-refractivity contribution in [3.63, 3.8) is 0 Å². The summed E-state index contributed by atoms with van der Waals surface area (Å²) < 4.78 is 4.98. The Morgan fingerprint density at radius 3 is 2.83 bits per heavy atom. The molecule has 3 rings (SSSR count). The molecule has 1 unspecified atom stereocenters. The molecule has 0 aromatic heterocycles. The van der Waals surface area contributed by atoms with E-state index in [-0.39, 0.29) is 17.9 Å². The van der Waals surface area contributed by atoms with Crippen molar-refractivity contribution in [2.45, 2.75) is 25.9 Å². The van der Waals surface area contributed by atoms with Crippen molar-refractivity contribution in [1.82, 2.24) is 0 Å². The maximum Gasteiger partial charge on any atom is 0.338 e. The number of hydrogen-bond acceptors (Lipinski definition) is 5. The molecule has 0 fully saturated rings. The molecule has 0 aliphatic heterocycles. The Balaban J connectivity index is 2.18. The third-order valence-corrected chi connectivity index (χ3v) is 4.23.